The molecule has 0 amide bonds. The van der Waals surface area contributed by atoms with Gasteiger partial charge in [-0.1, -0.05) is 42.5 Å². The number of para-hydroxylation sites is 1. The predicted molar refractivity (Wildman–Crippen MR) is 130 cm³/mol. The van der Waals surface area contributed by atoms with Gasteiger partial charge in [-0.15, -0.1) is 0 Å². The van der Waals surface area contributed by atoms with E-state index in [9.17, 15) is 0 Å². The second kappa shape index (κ2) is 6.53. The highest BCUT2D eigenvalue weighted by Crippen LogP contribution is 2.55. The number of hydrogen-bond acceptors (Lipinski definition) is 3. The molecule has 3 heteroatoms. The van der Waals surface area contributed by atoms with Gasteiger partial charge in [-0.05, 0) is 62.3 Å². The number of anilines is 2. The first-order chi connectivity index (χ1) is 15.0. The molecule has 3 nitrogen and oxygen atoms in total. The van der Waals surface area contributed by atoms with Crippen molar-refractivity contribution in [1.29, 1.82) is 0 Å². The average molecular weight is 411 g/mol. The molecule has 1 atom stereocenters. The highest BCUT2D eigenvalue weighted by Gasteiger charge is 2.57. The minimum absolute atomic E-state index is 0.177. The van der Waals surface area contributed by atoms with Crippen LogP contribution in [0.3, 0.4) is 0 Å². The normalized spacial score (nSPS) is 23.7. The Morgan fingerprint density at radius 1 is 0.839 bits per heavy atom. The van der Waals surface area contributed by atoms with Gasteiger partial charge < -0.3 is 14.5 Å². The number of nitrogens with zero attached hydrogens (tertiary/aromatic N) is 2. The Bertz CT molecular complexity index is 1200. The molecule has 0 radical (unpaired) electrons. The fourth-order valence-electron chi connectivity index (χ4n) is 6.01. The van der Waals surface area contributed by atoms with Gasteiger partial charge in [0, 0.05) is 48.5 Å². The maximum absolute atomic E-state index is 7.04. The zero-order valence-corrected chi connectivity index (χ0v) is 18.7. The lowest BCUT2D eigenvalue weighted by Gasteiger charge is -2.46. The summed E-state index contributed by atoms with van der Waals surface area (Å²) >= 11 is 0. The van der Waals surface area contributed by atoms with Gasteiger partial charge in [0.15, 0.2) is 0 Å². The van der Waals surface area contributed by atoms with E-state index in [-0.39, 0.29) is 5.41 Å². The van der Waals surface area contributed by atoms with E-state index in [0.717, 1.165) is 18.8 Å². The Kier molecular flexibility index (Phi) is 3.96. The molecular weight excluding hydrogens is 380 g/mol. The molecule has 0 aromatic heterocycles. The zero-order chi connectivity index (χ0) is 21.2. The van der Waals surface area contributed by atoms with Gasteiger partial charge >= 0.3 is 0 Å². The van der Waals surface area contributed by atoms with E-state index in [2.05, 4.69) is 97.4 Å². The maximum Gasteiger partial charge on any atom is 0.211 e. The lowest BCUT2D eigenvalue weighted by molar-refractivity contribution is 0.0584. The Labute approximate surface area is 184 Å². The molecule has 1 spiro atoms. The second-order valence-corrected chi connectivity index (χ2v) is 9.73. The van der Waals surface area contributed by atoms with Crippen molar-refractivity contribution in [2.75, 3.05) is 29.9 Å². The number of hydrogen-bond donors (Lipinski definition) is 0. The van der Waals surface area contributed by atoms with Crippen molar-refractivity contribution in [3.05, 3.63) is 71.8 Å². The first-order valence-electron chi connectivity index (χ1n) is 11.6. The van der Waals surface area contributed by atoms with Crippen LogP contribution in [0.2, 0.25) is 0 Å². The molecule has 3 aromatic carbocycles. The molecular formula is C28H30N2O. The van der Waals surface area contributed by atoms with Crippen molar-refractivity contribution in [3.63, 3.8) is 0 Å². The number of rotatable bonds is 1. The van der Waals surface area contributed by atoms with Gasteiger partial charge in [0.1, 0.15) is 5.75 Å². The number of ether oxygens (including phenoxy) is 1. The molecule has 3 aliphatic rings. The minimum Gasteiger partial charge on any atom is -0.463 e. The first-order valence-corrected chi connectivity index (χ1v) is 11.6. The summed E-state index contributed by atoms with van der Waals surface area (Å²) in [6, 6.07) is 19.8. The van der Waals surface area contributed by atoms with Crippen LogP contribution >= 0.6 is 0 Å². The smallest absolute Gasteiger partial charge is 0.211 e. The lowest BCUT2D eigenvalue weighted by atomic mass is 9.76. The van der Waals surface area contributed by atoms with E-state index >= 15 is 0 Å². The van der Waals surface area contributed by atoms with E-state index < -0.39 is 5.72 Å². The molecule has 0 saturated carbocycles. The van der Waals surface area contributed by atoms with Crippen LogP contribution in [0.5, 0.6) is 5.75 Å². The molecule has 0 bridgehead atoms. The molecule has 6 rings (SSSR count). The van der Waals surface area contributed by atoms with Gasteiger partial charge in [-0.3, -0.25) is 0 Å². The van der Waals surface area contributed by atoms with Crippen LogP contribution in [0.25, 0.3) is 16.8 Å². The van der Waals surface area contributed by atoms with Crippen LogP contribution in [0, 0.1) is 0 Å². The maximum atomic E-state index is 7.04. The van der Waals surface area contributed by atoms with E-state index in [1.54, 1.807) is 0 Å². The van der Waals surface area contributed by atoms with Crippen LogP contribution in [-0.4, -0.2) is 25.9 Å². The fourth-order valence-corrected chi connectivity index (χ4v) is 6.01. The van der Waals surface area contributed by atoms with E-state index in [0.29, 0.717) is 0 Å². The van der Waals surface area contributed by atoms with E-state index in [1.165, 1.54) is 52.5 Å². The fraction of sp³-hybridized carbons (Fsp3) is 0.357. The summed E-state index contributed by atoms with van der Waals surface area (Å²) in [6.07, 6.45) is 8.44. The molecule has 31 heavy (non-hydrogen) atoms. The molecule has 3 aliphatic heterocycles. The minimum atomic E-state index is -0.536. The van der Waals surface area contributed by atoms with Crippen molar-refractivity contribution in [1.82, 2.24) is 0 Å². The molecule has 158 valence electrons. The van der Waals surface area contributed by atoms with Crippen LogP contribution in [0.15, 0.2) is 60.7 Å². The quantitative estimate of drug-likeness (QED) is 0.464. The van der Waals surface area contributed by atoms with Crippen LogP contribution in [0.4, 0.5) is 11.4 Å². The molecule has 0 aliphatic carbocycles. The monoisotopic (exact) mass is 410 g/mol. The third-order valence-corrected chi connectivity index (χ3v) is 7.80. The van der Waals surface area contributed by atoms with Gasteiger partial charge in [0.25, 0.3) is 0 Å². The average Bonchev–Trinajstić information content (AvgIpc) is 2.97. The standard InChI is InChI=1S/C28H30N2O/c1-27(2)23-13-7-8-14-24(23)29(3)28(27)16-15-22-20-11-5-6-12-21(20)25(19-26(22)31-28)30-17-9-4-10-18-30/h5-8,11-16,19H,4,9-10,17-18H2,1-3H3. The third-order valence-electron chi connectivity index (χ3n) is 7.80. The summed E-state index contributed by atoms with van der Waals surface area (Å²) in [7, 11) is 2.16. The molecule has 1 unspecified atom stereocenters. The summed E-state index contributed by atoms with van der Waals surface area (Å²) in [5, 5.41) is 2.61. The Balaban J connectivity index is 1.53. The summed E-state index contributed by atoms with van der Waals surface area (Å²) in [5.41, 5.74) is 4.38. The van der Waals surface area contributed by atoms with Crippen molar-refractivity contribution in [3.8, 4) is 5.75 Å². The van der Waals surface area contributed by atoms with Crippen LogP contribution in [0.1, 0.15) is 44.2 Å². The molecule has 0 N–H and O–H groups in total. The molecule has 3 heterocycles. The van der Waals surface area contributed by atoms with Crippen LogP contribution in [-0.2, 0) is 5.41 Å². The van der Waals surface area contributed by atoms with E-state index in [4.69, 9.17) is 4.74 Å². The molecule has 1 saturated heterocycles. The zero-order valence-electron chi connectivity index (χ0n) is 18.7. The Hall–Kier alpha value is -2.94. The van der Waals surface area contributed by atoms with Gasteiger partial charge in [-0.25, -0.2) is 0 Å². The van der Waals surface area contributed by atoms with E-state index in [1.807, 2.05) is 0 Å². The summed E-state index contributed by atoms with van der Waals surface area (Å²) in [5.74, 6) is 0.995. The largest absolute Gasteiger partial charge is 0.463 e. The summed E-state index contributed by atoms with van der Waals surface area (Å²) in [4.78, 5) is 4.87. The van der Waals surface area contributed by atoms with Crippen molar-refractivity contribution in [2.45, 2.75) is 44.2 Å². The first kappa shape index (κ1) is 18.8. The third kappa shape index (κ3) is 2.46. The van der Waals surface area contributed by atoms with Crippen LogP contribution < -0.4 is 14.5 Å². The number of fused-ring (bicyclic) bond motifs is 4. The lowest BCUT2D eigenvalue weighted by Crippen LogP contribution is -2.58. The topological polar surface area (TPSA) is 15.7 Å². The highest BCUT2D eigenvalue weighted by molar-refractivity contribution is 6.02. The van der Waals surface area contributed by atoms with Gasteiger partial charge in [0.2, 0.25) is 5.72 Å². The predicted octanol–water partition coefficient (Wildman–Crippen LogP) is 6.36. The molecule has 3 aromatic rings. The Morgan fingerprint density at radius 2 is 1.55 bits per heavy atom. The number of likely N-dealkylation sites (N-methyl/N-ethyl adjacent to an activating group) is 1. The summed E-state index contributed by atoms with van der Waals surface area (Å²) < 4.78 is 7.04. The SMILES string of the molecule is CN1c2ccccc2C(C)(C)C12C=Cc1c(cc(N3CCCCC3)c3ccccc13)O2. The Morgan fingerprint density at radius 3 is 2.32 bits per heavy atom. The van der Waals surface area contributed by atoms with Gasteiger partial charge in [0.05, 0.1) is 5.41 Å². The summed E-state index contributed by atoms with van der Waals surface area (Å²) in [6.45, 7) is 6.86. The van der Waals surface area contributed by atoms with Crippen molar-refractivity contribution < 1.29 is 4.74 Å². The number of piperidine rings is 1. The highest BCUT2D eigenvalue weighted by atomic mass is 16.5. The van der Waals surface area contributed by atoms with Crippen molar-refractivity contribution >= 4 is 28.2 Å². The van der Waals surface area contributed by atoms with Crippen molar-refractivity contribution in [2.24, 2.45) is 0 Å². The molecule has 1 fully saturated rings. The number of benzene rings is 3. The second-order valence-electron chi connectivity index (χ2n) is 9.73. The van der Waals surface area contributed by atoms with Gasteiger partial charge in [-0.2, -0.15) is 0 Å².